The second kappa shape index (κ2) is 11.5. The van der Waals surface area contributed by atoms with Gasteiger partial charge in [0, 0.05) is 0 Å². The summed E-state index contributed by atoms with van der Waals surface area (Å²) in [4.78, 5) is 24.1. The van der Waals surface area contributed by atoms with E-state index in [0.717, 1.165) is 10.8 Å². The van der Waals surface area contributed by atoms with Gasteiger partial charge in [0.1, 0.15) is 5.75 Å². The maximum absolute atomic E-state index is 12.7. The zero-order valence-corrected chi connectivity index (χ0v) is 20.5. The lowest BCUT2D eigenvalue weighted by atomic mass is 10.1. The van der Waals surface area contributed by atoms with Gasteiger partial charge in [-0.2, -0.15) is 5.10 Å². The van der Waals surface area contributed by atoms with Crippen molar-refractivity contribution in [3.05, 3.63) is 63.2 Å². The van der Waals surface area contributed by atoms with E-state index < -0.39 is 11.9 Å². The van der Waals surface area contributed by atoms with E-state index in [2.05, 4.69) is 37.9 Å². The van der Waals surface area contributed by atoms with Crippen LogP contribution in [0.3, 0.4) is 0 Å². The molecule has 0 spiro atoms. The zero-order chi connectivity index (χ0) is 23.8. The number of nitrogens with one attached hydrogen (secondary N) is 1. The molecule has 0 saturated heterocycles. The van der Waals surface area contributed by atoms with Gasteiger partial charge in [-0.05, 0) is 70.1 Å². The van der Waals surface area contributed by atoms with Crippen molar-refractivity contribution in [2.45, 2.75) is 6.92 Å². The molecule has 33 heavy (non-hydrogen) atoms. The Balaban J connectivity index is 1.78. The Morgan fingerprint density at radius 1 is 1.03 bits per heavy atom. The second-order valence-electron chi connectivity index (χ2n) is 6.73. The average Bonchev–Trinajstić information content (AvgIpc) is 2.82. The van der Waals surface area contributed by atoms with Crippen molar-refractivity contribution in [3.8, 4) is 17.2 Å². The first-order valence-corrected chi connectivity index (χ1v) is 11.1. The summed E-state index contributed by atoms with van der Waals surface area (Å²) in [6.07, 6.45) is 1.50. The molecule has 3 rings (SSSR count). The van der Waals surface area contributed by atoms with Crippen LogP contribution in [0.2, 0.25) is 0 Å². The monoisotopic (exact) mass is 562 g/mol. The number of halogens is 1. The predicted octanol–water partition coefficient (Wildman–Crippen LogP) is 4.17. The van der Waals surface area contributed by atoms with Crippen molar-refractivity contribution in [1.82, 2.24) is 5.43 Å². The third kappa shape index (κ3) is 6.13. The van der Waals surface area contributed by atoms with Crippen molar-refractivity contribution in [2.75, 3.05) is 27.4 Å². The fourth-order valence-electron chi connectivity index (χ4n) is 3.05. The van der Waals surface area contributed by atoms with Gasteiger partial charge in [-0.3, -0.25) is 4.79 Å². The molecule has 0 saturated carbocycles. The zero-order valence-electron chi connectivity index (χ0n) is 18.4. The maximum atomic E-state index is 12.7. The van der Waals surface area contributed by atoms with Crippen molar-refractivity contribution in [1.29, 1.82) is 0 Å². The number of fused-ring (bicyclic) bond motifs is 1. The van der Waals surface area contributed by atoms with Crippen LogP contribution < -0.4 is 19.6 Å². The molecule has 0 radical (unpaired) electrons. The molecule has 3 aromatic rings. The van der Waals surface area contributed by atoms with Crippen LogP contribution in [0.1, 0.15) is 22.8 Å². The van der Waals surface area contributed by atoms with Crippen LogP contribution in [0, 0.1) is 3.57 Å². The highest BCUT2D eigenvalue weighted by Crippen LogP contribution is 2.34. The first-order chi connectivity index (χ1) is 16.0. The molecule has 3 aromatic carbocycles. The Kier molecular flexibility index (Phi) is 8.47. The minimum Gasteiger partial charge on any atom is -0.496 e. The number of benzene rings is 3. The summed E-state index contributed by atoms with van der Waals surface area (Å²) < 4.78 is 21.9. The standard InChI is InChI=1S/C24H23IN2O6/c1-4-32-21-10-15(9-19(25)23(21)33-14-22(28)31-3)13-26-27-24(29)18-11-16-7-5-6-8-17(16)12-20(18)30-2/h5-13H,4,14H2,1-3H3,(H,27,29)/b26-13-. The van der Waals surface area contributed by atoms with E-state index in [1.54, 1.807) is 18.2 Å². The van der Waals surface area contributed by atoms with Crippen LogP contribution >= 0.6 is 22.6 Å². The Morgan fingerprint density at radius 2 is 1.76 bits per heavy atom. The largest absolute Gasteiger partial charge is 0.496 e. The lowest BCUT2D eigenvalue weighted by Gasteiger charge is -2.14. The summed E-state index contributed by atoms with van der Waals surface area (Å²) in [5.41, 5.74) is 3.59. The molecule has 0 aliphatic heterocycles. The number of methoxy groups -OCH3 is 2. The van der Waals surface area contributed by atoms with E-state index in [1.165, 1.54) is 20.4 Å². The summed E-state index contributed by atoms with van der Waals surface area (Å²) >= 11 is 2.08. The molecule has 0 aliphatic carbocycles. The first kappa shape index (κ1) is 24.3. The molecule has 0 atom stereocenters. The smallest absolute Gasteiger partial charge is 0.343 e. The number of carbonyl (C=O) groups is 2. The van der Waals surface area contributed by atoms with Gasteiger partial charge in [-0.25, -0.2) is 10.2 Å². The molecular weight excluding hydrogens is 539 g/mol. The highest BCUT2D eigenvalue weighted by Gasteiger charge is 2.15. The summed E-state index contributed by atoms with van der Waals surface area (Å²) in [5, 5.41) is 5.98. The van der Waals surface area contributed by atoms with Gasteiger partial charge in [0.15, 0.2) is 18.1 Å². The van der Waals surface area contributed by atoms with Crippen molar-refractivity contribution < 1.29 is 28.5 Å². The minimum absolute atomic E-state index is 0.232. The quantitative estimate of drug-likeness (QED) is 0.182. The van der Waals surface area contributed by atoms with Crippen LogP contribution in [0.4, 0.5) is 0 Å². The highest BCUT2D eigenvalue weighted by atomic mass is 127. The van der Waals surface area contributed by atoms with E-state index in [9.17, 15) is 9.59 Å². The van der Waals surface area contributed by atoms with Crippen molar-refractivity contribution in [2.24, 2.45) is 5.10 Å². The van der Waals surface area contributed by atoms with Gasteiger partial charge in [0.05, 0.1) is 36.2 Å². The summed E-state index contributed by atoms with van der Waals surface area (Å²) in [6, 6.07) is 14.8. The molecule has 1 amide bonds. The van der Waals surface area contributed by atoms with E-state index in [1.807, 2.05) is 37.3 Å². The number of ether oxygens (including phenoxy) is 4. The SMILES string of the molecule is CCOc1cc(/C=N\NC(=O)c2cc3ccccc3cc2OC)cc(I)c1OCC(=O)OC. The van der Waals surface area contributed by atoms with Gasteiger partial charge < -0.3 is 18.9 Å². The fraction of sp³-hybridized carbons (Fsp3) is 0.208. The Morgan fingerprint density at radius 3 is 2.42 bits per heavy atom. The topological polar surface area (TPSA) is 95.5 Å². The van der Waals surface area contributed by atoms with Crippen LogP contribution in [0.25, 0.3) is 10.8 Å². The third-order valence-electron chi connectivity index (χ3n) is 4.59. The van der Waals surface area contributed by atoms with E-state index in [0.29, 0.717) is 38.6 Å². The lowest BCUT2D eigenvalue weighted by Crippen LogP contribution is -2.18. The molecule has 1 N–H and O–H groups in total. The summed E-state index contributed by atoms with van der Waals surface area (Å²) in [7, 11) is 2.81. The van der Waals surface area contributed by atoms with Crippen LogP contribution in [0.15, 0.2) is 53.6 Å². The van der Waals surface area contributed by atoms with E-state index in [-0.39, 0.29) is 6.61 Å². The predicted molar refractivity (Wildman–Crippen MR) is 133 cm³/mol. The Labute approximate surface area is 205 Å². The van der Waals surface area contributed by atoms with Crippen LogP contribution in [-0.4, -0.2) is 45.5 Å². The van der Waals surface area contributed by atoms with E-state index in [4.69, 9.17) is 14.2 Å². The van der Waals surface area contributed by atoms with Gasteiger partial charge in [-0.15, -0.1) is 0 Å². The number of hydrogen-bond acceptors (Lipinski definition) is 7. The fourth-order valence-corrected chi connectivity index (χ4v) is 3.83. The molecule has 0 aromatic heterocycles. The number of rotatable bonds is 9. The van der Waals surface area contributed by atoms with Crippen LogP contribution in [0.5, 0.6) is 17.2 Å². The third-order valence-corrected chi connectivity index (χ3v) is 5.39. The second-order valence-corrected chi connectivity index (χ2v) is 7.89. The first-order valence-electron chi connectivity index (χ1n) is 10.0. The number of carbonyl (C=O) groups excluding carboxylic acids is 2. The van der Waals surface area contributed by atoms with Crippen molar-refractivity contribution >= 4 is 51.5 Å². The highest BCUT2D eigenvalue weighted by molar-refractivity contribution is 14.1. The molecule has 0 unspecified atom stereocenters. The van der Waals surface area contributed by atoms with Gasteiger partial charge >= 0.3 is 5.97 Å². The normalized spacial score (nSPS) is 10.8. The van der Waals surface area contributed by atoms with Crippen LogP contribution in [-0.2, 0) is 9.53 Å². The number of hydrazone groups is 1. The summed E-state index contributed by atoms with van der Waals surface area (Å²) in [5.74, 6) is 0.459. The molecule has 9 heteroatoms. The van der Waals surface area contributed by atoms with Crippen molar-refractivity contribution in [3.63, 3.8) is 0 Å². The van der Waals surface area contributed by atoms with Gasteiger partial charge in [-0.1, -0.05) is 24.3 Å². The molecule has 172 valence electrons. The molecular formula is C24H23IN2O6. The van der Waals surface area contributed by atoms with E-state index >= 15 is 0 Å². The summed E-state index contributed by atoms with van der Waals surface area (Å²) in [6.45, 7) is 2.02. The molecule has 0 fully saturated rings. The number of amides is 1. The molecule has 8 nitrogen and oxygen atoms in total. The van der Waals surface area contributed by atoms with Gasteiger partial charge in [0.25, 0.3) is 5.91 Å². The molecule has 0 aliphatic rings. The van der Waals surface area contributed by atoms with Gasteiger partial charge in [0.2, 0.25) is 0 Å². The lowest BCUT2D eigenvalue weighted by molar-refractivity contribution is -0.142. The number of esters is 1. The Hall–Kier alpha value is -3.34. The number of nitrogens with zero attached hydrogens (tertiary/aromatic N) is 1. The maximum Gasteiger partial charge on any atom is 0.343 e. The average molecular weight is 562 g/mol. The minimum atomic E-state index is -0.495. The Bertz CT molecular complexity index is 1200. The molecule has 0 heterocycles. The molecule has 0 bridgehead atoms. The number of hydrogen-bond donors (Lipinski definition) is 1.